The number of carbonyl (C=O) groups excluding carboxylic acids is 1. The average Bonchev–Trinajstić information content (AvgIpc) is 3.18. The van der Waals surface area contributed by atoms with Gasteiger partial charge >= 0.3 is 0 Å². The lowest BCUT2D eigenvalue weighted by Crippen LogP contribution is -2.18. The summed E-state index contributed by atoms with van der Waals surface area (Å²) in [7, 11) is 0. The van der Waals surface area contributed by atoms with Crippen molar-refractivity contribution in [3.05, 3.63) is 101 Å². The summed E-state index contributed by atoms with van der Waals surface area (Å²) in [5, 5.41) is 6.77. The summed E-state index contributed by atoms with van der Waals surface area (Å²) >= 11 is 6.24. The fourth-order valence-corrected chi connectivity index (χ4v) is 3.28. The van der Waals surface area contributed by atoms with Gasteiger partial charge in [0, 0.05) is 22.5 Å². The second-order valence-electron chi connectivity index (χ2n) is 6.46. The molecule has 0 spiro atoms. The van der Waals surface area contributed by atoms with Crippen LogP contribution in [0.1, 0.15) is 21.6 Å². The molecule has 0 aliphatic carbocycles. The highest BCUT2D eigenvalue weighted by Gasteiger charge is 2.09. The molecule has 0 saturated carbocycles. The van der Waals surface area contributed by atoms with Gasteiger partial charge in [-0.25, -0.2) is 5.43 Å². The molecule has 0 saturated heterocycles. The number of hydrogen-bond donors (Lipinski definition) is 1. The van der Waals surface area contributed by atoms with Crippen LogP contribution in [-0.4, -0.2) is 16.7 Å². The van der Waals surface area contributed by atoms with E-state index in [0.29, 0.717) is 10.6 Å². The first-order chi connectivity index (χ1) is 13.6. The molecule has 28 heavy (non-hydrogen) atoms. The number of rotatable bonds is 4. The van der Waals surface area contributed by atoms with Crippen LogP contribution in [0.15, 0.2) is 84.1 Å². The monoisotopic (exact) mass is 387 g/mol. The number of carbonyl (C=O) groups is 1. The number of nitrogens with one attached hydrogen (secondary N) is 1. The van der Waals surface area contributed by atoms with Gasteiger partial charge < -0.3 is 4.57 Å². The van der Waals surface area contributed by atoms with E-state index < -0.39 is 0 Å². The summed E-state index contributed by atoms with van der Waals surface area (Å²) in [6.07, 6.45) is 3.55. The van der Waals surface area contributed by atoms with Crippen molar-refractivity contribution in [1.82, 2.24) is 9.99 Å². The predicted octanol–water partition coefficient (Wildman–Crippen LogP) is 5.36. The summed E-state index contributed by atoms with van der Waals surface area (Å²) in [4.78, 5) is 12.6. The Morgan fingerprint density at radius 3 is 2.71 bits per heavy atom. The van der Waals surface area contributed by atoms with E-state index in [-0.39, 0.29) is 5.91 Å². The molecule has 1 aromatic heterocycles. The Morgan fingerprint density at radius 1 is 1.04 bits per heavy atom. The molecule has 4 rings (SSSR count). The molecule has 0 bridgehead atoms. The minimum absolute atomic E-state index is 0.246. The molecule has 1 heterocycles. The van der Waals surface area contributed by atoms with Gasteiger partial charge in [0.1, 0.15) is 0 Å². The van der Waals surface area contributed by atoms with E-state index in [1.54, 1.807) is 12.3 Å². The Balaban J connectivity index is 1.55. The van der Waals surface area contributed by atoms with Crippen LogP contribution < -0.4 is 5.43 Å². The maximum Gasteiger partial charge on any atom is 0.271 e. The second kappa shape index (κ2) is 7.71. The van der Waals surface area contributed by atoms with E-state index in [4.69, 9.17) is 11.6 Å². The van der Waals surface area contributed by atoms with Gasteiger partial charge in [0.15, 0.2) is 0 Å². The summed E-state index contributed by atoms with van der Waals surface area (Å²) in [5.41, 5.74) is 6.00. The Morgan fingerprint density at radius 2 is 1.86 bits per heavy atom. The fourth-order valence-electron chi connectivity index (χ4n) is 3.11. The Labute approximate surface area is 168 Å². The van der Waals surface area contributed by atoms with Crippen molar-refractivity contribution in [2.24, 2.45) is 5.10 Å². The first kappa shape index (κ1) is 18.0. The lowest BCUT2D eigenvalue weighted by molar-refractivity contribution is 0.0957. The largest absolute Gasteiger partial charge is 0.316 e. The van der Waals surface area contributed by atoms with E-state index in [1.165, 1.54) is 0 Å². The van der Waals surface area contributed by atoms with Crippen LogP contribution in [0, 0.1) is 6.92 Å². The summed E-state index contributed by atoms with van der Waals surface area (Å²) < 4.78 is 1.96. The highest BCUT2D eigenvalue weighted by Crippen LogP contribution is 2.21. The lowest BCUT2D eigenvalue weighted by Gasteiger charge is -2.08. The number of nitrogens with zero attached hydrogens (tertiary/aromatic N) is 2. The number of amides is 1. The van der Waals surface area contributed by atoms with E-state index in [2.05, 4.69) is 10.5 Å². The minimum Gasteiger partial charge on any atom is -0.316 e. The molecule has 1 amide bonds. The number of hydrazone groups is 1. The van der Waals surface area contributed by atoms with Crippen LogP contribution in [-0.2, 0) is 0 Å². The SMILES string of the molecule is Cc1ccc(-n2cccc2/C=N\NC(=O)c2cccc3ccccc23)cc1Cl. The van der Waals surface area contributed by atoms with Crippen molar-refractivity contribution in [1.29, 1.82) is 0 Å². The molecule has 138 valence electrons. The van der Waals surface area contributed by atoms with Gasteiger partial charge in [-0.15, -0.1) is 0 Å². The number of fused-ring (bicyclic) bond motifs is 1. The molecule has 0 fully saturated rings. The highest BCUT2D eigenvalue weighted by molar-refractivity contribution is 6.31. The standard InChI is InChI=1S/C23H18ClN3O/c1-16-11-12-18(14-22(16)24)27-13-5-8-19(27)15-25-26-23(28)21-10-4-7-17-6-2-3-9-20(17)21/h2-15H,1H3,(H,26,28)/b25-15-. The third kappa shape index (κ3) is 3.55. The number of aromatic nitrogens is 1. The van der Waals surface area contributed by atoms with Crippen molar-refractivity contribution >= 4 is 34.5 Å². The number of benzene rings is 3. The third-order valence-electron chi connectivity index (χ3n) is 4.61. The topological polar surface area (TPSA) is 46.4 Å². The van der Waals surface area contributed by atoms with Gasteiger partial charge in [0.2, 0.25) is 0 Å². The second-order valence-corrected chi connectivity index (χ2v) is 6.87. The van der Waals surface area contributed by atoms with Gasteiger partial charge in [-0.2, -0.15) is 5.10 Å². The molecule has 3 aromatic carbocycles. The average molecular weight is 388 g/mol. The number of aryl methyl sites for hydroxylation is 1. The van der Waals surface area contributed by atoms with Crippen LogP contribution in [0.25, 0.3) is 16.5 Å². The first-order valence-electron chi connectivity index (χ1n) is 8.88. The van der Waals surface area contributed by atoms with Crippen molar-refractivity contribution in [3.8, 4) is 5.69 Å². The zero-order valence-corrected chi connectivity index (χ0v) is 16.0. The number of halogens is 1. The fraction of sp³-hybridized carbons (Fsp3) is 0.0435. The molecular weight excluding hydrogens is 370 g/mol. The molecular formula is C23H18ClN3O. The molecule has 4 nitrogen and oxygen atoms in total. The zero-order valence-electron chi connectivity index (χ0n) is 15.3. The quantitative estimate of drug-likeness (QED) is 0.372. The van der Waals surface area contributed by atoms with Gasteiger partial charge in [0.05, 0.1) is 11.9 Å². The first-order valence-corrected chi connectivity index (χ1v) is 9.26. The number of hydrogen-bond acceptors (Lipinski definition) is 2. The molecule has 0 aliphatic heterocycles. The van der Waals surface area contributed by atoms with Gasteiger partial charge in [-0.3, -0.25) is 4.79 Å². The van der Waals surface area contributed by atoms with E-state index in [1.807, 2.05) is 84.4 Å². The maximum atomic E-state index is 12.6. The Bertz CT molecular complexity index is 1190. The van der Waals surface area contributed by atoms with Crippen molar-refractivity contribution in [2.75, 3.05) is 0 Å². The third-order valence-corrected chi connectivity index (χ3v) is 5.02. The van der Waals surface area contributed by atoms with E-state index in [9.17, 15) is 4.79 Å². The van der Waals surface area contributed by atoms with Gasteiger partial charge in [-0.1, -0.05) is 54.1 Å². The molecule has 0 unspecified atom stereocenters. The molecule has 4 aromatic rings. The predicted molar refractivity (Wildman–Crippen MR) is 115 cm³/mol. The van der Waals surface area contributed by atoms with E-state index >= 15 is 0 Å². The Kier molecular flexibility index (Phi) is 4.96. The molecule has 0 radical (unpaired) electrons. The normalized spacial score (nSPS) is 11.2. The van der Waals surface area contributed by atoms with Crippen LogP contribution in [0.3, 0.4) is 0 Å². The van der Waals surface area contributed by atoms with Gasteiger partial charge in [-0.05, 0) is 53.6 Å². The summed E-state index contributed by atoms with van der Waals surface area (Å²) in [6.45, 7) is 1.97. The Hall–Kier alpha value is -3.37. The van der Waals surface area contributed by atoms with Gasteiger partial charge in [0.25, 0.3) is 5.91 Å². The van der Waals surface area contributed by atoms with Crippen molar-refractivity contribution in [3.63, 3.8) is 0 Å². The minimum atomic E-state index is -0.246. The molecule has 5 heteroatoms. The van der Waals surface area contributed by atoms with Crippen molar-refractivity contribution in [2.45, 2.75) is 6.92 Å². The molecule has 0 aliphatic rings. The summed E-state index contributed by atoms with van der Waals surface area (Å²) in [6, 6.07) is 23.1. The zero-order chi connectivity index (χ0) is 19.5. The molecule has 1 N–H and O–H groups in total. The van der Waals surface area contributed by atoms with Crippen molar-refractivity contribution < 1.29 is 4.79 Å². The van der Waals surface area contributed by atoms with Crippen LogP contribution in [0.2, 0.25) is 5.02 Å². The smallest absolute Gasteiger partial charge is 0.271 e. The molecule has 0 atom stereocenters. The van der Waals surface area contributed by atoms with Crippen LogP contribution >= 0.6 is 11.6 Å². The van der Waals surface area contributed by atoms with Crippen LogP contribution in [0.4, 0.5) is 0 Å². The maximum absolute atomic E-state index is 12.6. The highest BCUT2D eigenvalue weighted by atomic mass is 35.5. The lowest BCUT2D eigenvalue weighted by atomic mass is 10.0. The summed E-state index contributed by atoms with van der Waals surface area (Å²) in [5.74, 6) is -0.246. The van der Waals surface area contributed by atoms with E-state index in [0.717, 1.165) is 27.7 Å². The van der Waals surface area contributed by atoms with Crippen LogP contribution in [0.5, 0.6) is 0 Å².